The summed E-state index contributed by atoms with van der Waals surface area (Å²) < 4.78 is 2.00. The maximum absolute atomic E-state index is 11.6. The van der Waals surface area contributed by atoms with E-state index < -0.39 is 5.97 Å². The lowest BCUT2D eigenvalue weighted by Crippen LogP contribution is -2.00. The average molecular weight is 400 g/mol. The maximum atomic E-state index is 11.6. The summed E-state index contributed by atoms with van der Waals surface area (Å²) in [5, 5.41) is 17.5. The zero-order valence-electron chi connectivity index (χ0n) is 14.2. The molecule has 4 aromatic rings. The molecule has 0 aliphatic heterocycles. The third kappa shape index (κ3) is 3.36. The Labute approximate surface area is 163 Å². The van der Waals surface area contributed by atoms with Crippen LogP contribution in [0.15, 0.2) is 42.7 Å². The number of carboxylic acid groups (broad SMARTS) is 1. The van der Waals surface area contributed by atoms with Crippen LogP contribution in [-0.2, 0) is 13.6 Å². The summed E-state index contributed by atoms with van der Waals surface area (Å²) in [6.45, 7) is 0.604. The molecule has 27 heavy (non-hydrogen) atoms. The summed E-state index contributed by atoms with van der Waals surface area (Å²) in [5.74, 6) is -1.08. The van der Waals surface area contributed by atoms with Gasteiger partial charge in [0.1, 0.15) is 0 Å². The molecule has 0 saturated heterocycles. The highest BCUT2D eigenvalue weighted by Gasteiger charge is 2.20. The van der Waals surface area contributed by atoms with Crippen molar-refractivity contribution in [3.8, 4) is 11.1 Å². The first-order chi connectivity index (χ1) is 13.0. The quantitative estimate of drug-likeness (QED) is 0.525. The van der Waals surface area contributed by atoms with Crippen molar-refractivity contribution in [1.82, 2.24) is 19.7 Å². The number of anilines is 1. The van der Waals surface area contributed by atoms with E-state index in [1.54, 1.807) is 25.5 Å². The van der Waals surface area contributed by atoms with Crippen molar-refractivity contribution in [3.63, 3.8) is 0 Å². The van der Waals surface area contributed by atoms with E-state index in [2.05, 4.69) is 20.4 Å². The molecule has 0 radical (unpaired) electrons. The number of aryl methyl sites for hydroxylation is 1. The Morgan fingerprint density at radius 3 is 2.93 bits per heavy atom. The van der Waals surface area contributed by atoms with Crippen molar-refractivity contribution in [2.24, 2.45) is 7.05 Å². The van der Waals surface area contributed by atoms with Crippen LogP contribution < -0.4 is 5.32 Å². The predicted octanol–water partition coefficient (Wildman–Crippen LogP) is 4.06. The molecule has 1 aromatic carbocycles. The van der Waals surface area contributed by atoms with Gasteiger partial charge in [0, 0.05) is 30.0 Å². The monoisotopic (exact) mass is 399 g/mol. The summed E-state index contributed by atoms with van der Waals surface area (Å²) >= 11 is 7.29. The number of nitrogens with zero attached hydrogens (tertiary/aromatic N) is 4. The third-order valence-electron chi connectivity index (χ3n) is 4.09. The van der Waals surface area contributed by atoms with Gasteiger partial charge in [-0.1, -0.05) is 23.7 Å². The molecule has 0 atom stereocenters. The second-order valence-corrected chi connectivity index (χ2v) is 7.55. The van der Waals surface area contributed by atoms with Crippen LogP contribution in [0.2, 0.25) is 4.47 Å². The average Bonchev–Trinajstić information content (AvgIpc) is 3.24. The minimum Gasteiger partial charge on any atom is -0.476 e. The van der Waals surface area contributed by atoms with Crippen LogP contribution in [0.1, 0.15) is 15.4 Å². The molecule has 136 valence electrons. The lowest BCUT2D eigenvalue weighted by atomic mass is 10.0. The summed E-state index contributed by atoms with van der Waals surface area (Å²) in [7, 11) is 1.68. The predicted molar refractivity (Wildman–Crippen MR) is 105 cm³/mol. The highest BCUT2D eigenvalue weighted by atomic mass is 35.5. The van der Waals surface area contributed by atoms with E-state index in [1.807, 2.05) is 24.3 Å². The second-order valence-electron chi connectivity index (χ2n) is 5.85. The van der Waals surface area contributed by atoms with Crippen LogP contribution in [-0.4, -0.2) is 30.8 Å². The molecule has 0 amide bonds. The Hall–Kier alpha value is -2.97. The minimum absolute atomic E-state index is 0.00624. The largest absolute Gasteiger partial charge is 0.476 e. The molecule has 9 heteroatoms. The van der Waals surface area contributed by atoms with Crippen molar-refractivity contribution in [2.75, 3.05) is 5.32 Å². The Kier molecular flexibility index (Phi) is 4.51. The third-order valence-corrected chi connectivity index (χ3v) is 5.21. The van der Waals surface area contributed by atoms with E-state index in [-0.39, 0.29) is 5.69 Å². The highest BCUT2D eigenvalue weighted by Crippen LogP contribution is 2.31. The molecule has 4 rings (SSSR count). The molecule has 7 nitrogen and oxygen atoms in total. The number of hydrogen-bond donors (Lipinski definition) is 2. The number of thiazole rings is 1. The first-order valence-corrected chi connectivity index (χ1v) is 9.22. The van der Waals surface area contributed by atoms with Gasteiger partial charge in [-0.15, -0.1) is 11.3 Å². The number of carboxylic acids is 1. The molecular formula is C18H14ClN5O2S. The molecule has 2 N–H and O–H groups in total. The Balaban J connectivity index is 1.72. The lowest BCUT2D eigenvalue weighted by molar-refractivity contribution is 0.0691. The number of nitrogens with one attached hydrogen (secondary N) is 1. The summed E-state index contributed by atoms with van der Waals surface area (Å²) in [5.41, 5.74) is 3.08. The number of rotatable bonds is 5. The number of aromatic carboxylic acids is 1. The molecule has 0 aliphatic carbocycles. The van der Waals surface area contributed by atoms with Gasteiger partial charge >= 0.3 is 5.97 Å². The maximum Gasteiger partial charge on any atom is 0.357 e. The normalized spacial score (nSPS) is 11.0. The van der Waals surface area contributed by atoms with E-state index in [0.29, 0.717) is 22.0 Å². The second kappa shape index (κ2) is 6.98. The fourth-order valence-corrected chi connectivity index (χ4v) is 3.84. The molecule has 0 unspecified atom stereocenters. The van der Waals surface area contributed by atoms with E-state index >= 15 is 0 Å². The molecular weight excluding hydrogens is 386 g/mol. The number of halogens is 1. The van der Waals surface area contributed by atoms with E-state index in [4.69, 9.17) is 11.6 Å². The van der Waals surface area contributed by atoms with Crippen LogP contribution in [0, 0.1) is 0 Å². The molecule has 0 bridgehead atoms. The lowest BCUT2D eigenvalue weighted by Gasteiger charge is -2.09. The fourth-order valence-electron chi connectivity index (χ4n) is 2.92. The standard InChI is InChI=1S/C18H14ClN5O2S/c1-24-16-14(15(23-24)17(25)26)13(5-6-20-16)10-3-2-4-11(7-10)21-8-12-9-22-18(19)27-12/h2-7,9,21H,8H2,1H3,(H,25,26). The van der Waals surface area contributed by atoms with Gasteiger partial charge in [0.05, 0.1) is 11.9 Å². The SMILES string of the molecule is Cn1nc(C(=O)O)c2c(-c3cccc(NCc4cnc(Cl)s4)c3)ccnc21. The Morgan fingerprint density at radius 1 is 1.33 bits per heavy atom. The summed E-state index contributed by atoms with van der Waals surface area (Å²) in [4.78, 5) is 20.9. The molecule has 3 heterocycles. The van der Waals surface area contributed by atoms with Gasteiger partial charge in [0.25, 0.3) is 0 Å². The van der Waals surface area contributed by atoms with Crippen molar-refractivity contribution in [3.05, 3.63) is 57.8 Å². The first-order valence-electron chi connectivity index (χ1n) is 8.02. The zero-order valence-corrected chi connectivity index (χ0v) is 15.8. The van der Waals surface area contributed by atoms with Crippen molar-refractivity contribution in [1.29, 1.82) is 0 Å². The van der Waals surface area contributed by atoms with E-state index in [1.165, 1.54) is 16.0 Å². The van der Waals surface area contributed by atoms with Crippen LogP contribution in [0.5, 0.6) is 0 Å². The molecule has 0 saturated carbocycles. The number of benzene rings is 1. The van der Waals surface area contributed by atoms with Gasteiger partial charge < -0.3 is 10.4 Å². The van der Waals surface area contributed by atoms with E-state index in [0.717, 1.165) is 21.7 Å². The first kappa shape index (κ1) is 17.4. The smallest absolute Gasteiger partial charge is 0.357 e. The molecule has 3 aromatic heterocycles. The summed E-state index contributed by atoms with van der Waals surface area (Å²) in [6, 6.07) is 9.57. The van der Waals surface area contributed by atoms with Gasteiger partial charge in [0.15, 0.2) is 15.8 Å². The molecule has 0 aliphatic rings. The number of pyridine rings is 1. The van der Waals surface area contributed by atoms with Gasteiger partial charge in [-0.05, 0) is 29.3 Å². The topological polar surface area (TPSA) is 92.9 Å². The molecule has 0 fully saturated rings. The zero-order chi connectivity index (χ0) is 19.0. The highest BCUT2D eigenvalue weighted by molar-refractivity contribution is 7.15. The fraction of sp³-hybridized carbons (Fsp3) is 0.111. The van der Waals surface area contributed by atoms with Crippen LogP contribution in [0.3, 0.4) is 0 Å². The van der Waals surface area contributed by atoms with Crippen LogP contribution in [0.25, 0.3) is 22.2 Å². The van der Waals surface area contributed by atoms with Crippen LogP contribution in [0.4, 0.5) is 5.69 Å². The molecule has 0 spiro atoms. The minimum atomic E-state index is -1.08. The Morgan fingerprint density at radius 2 is 2.19 bits per heavy atom. The number of hydrogen-bond acceptors (Lipinski definition) is 6. The van der Waals surface area contributed by atoms with Gasteiger partial charge in [-0.2, -0.15) is 5.10 Å². The van der Waals surface area contributed by atoms with E-state index in [9.17, 15) is 9.90 Å². The summed E-state index contributed by atoms with van der Waals surface area (Å²) in [6.07, 6.45) is 3.40. The van der Waals surface area contributed by atoms with Gasteiger partial charge in [0.2, 0.25) is 0 Å². The van der Waals surface area contributed by atoms with Crippen molar-refractivity contribution < 1.29 is 9.90 Å². The number of fused-ring (bicyclic) bond motifs is 1. The van der Waals surface area contributed by atoms with Crippen molar-refractivity contribution >= 4 is 45.6 Å². The van der Waals surface area contributed by atoms with Crippen LogP contribution >= 0.6 is 22.9 Å². The number of aromatic nitrogens is 4. The Bertz CT molecular complexity index is 1150. The van der Waals surface area contributed by atoms with Gasteiger partial charge in [-0.25, -0.2) is 19.4 Å². The number of carbonyl (C=O) groups is 1. The van der Waals surface area contributed by atoms with Crippen molar-refractivity contribution in [2.45, 2.75) is 6.54 Å². The van der Waals surface area contributed by atoms with Gasteiger partial charge in [-0.3, -0.25) is 0 Å².